The van der Waals surface area contributed by atoms with Crippen molar-refractivity contribution in [2.75, 3.05) is 19.4 Å². The Hall–Kier alpha value is -2.71. The summed E-state index contributed by atoms with van der Waals surface area (Å²) >= 11 is 0. The van der Waals surface area contributed by atoms with Crippen molar-refractivity contribution in [2.45, 2.75) is 31.2 Å². The molecule has 0 aromatic heterocycles. The Bertz CT molecular complexity index is 938. The minimum atomic E-state index is -3.53. The molecular formula is C20H25N3O4S. The predicted octanol–water partition coefficient (Wildman–Crippen LogP) is 2.61. The number of nitrogens with zero attached hydrogens (tertiary/aromatic N) is 1. The Morgan fingerprint density at radius 1 is 1.04 bits per heavy atom. The third kappa shape index (κ3) is 5.64. The van der Waals surface area contributed by atoms with Gasteiger partial charge in [0.1, 0.15) is 0 Å². The molecule has 0 radical (unpaired) electrons. The first kappa shape index (κ1) is 21.6. The molecule has 0 spiro atoms. The zero-order valence-electron chi connectivity index (χ0n) is 16.2. The molecule has 0 aliphatic carbocycles. The molecule has 2 N–H and O–H groups in total. The average molecular weight is 404 g/mol. The molecule has 150 valence electrons. The Morgan fingerprint density at radius 2 is 1.71 bits per heavy atom. The number of nitrogens with one attached hydrogen (secondary N) is 2. The van der Waals surface area contributed by atoms with Crippen LogP contribution in [0.5, 0.6) is 0 Å². The van der Waals surface area contributed by atoms with Crippen molar-refractivity contribution in [1.29, 1.82) is 0 Å². The summed E-state index contributed by atoms with van der Waals surface area (Å²) in [4.78, 5) is 24.1. The van der Waals surface area contributed by atoms with Crippen LogP contribution in [-0.4, -0.2) is 38.6 Å². The van der Waals surface area contributed by atoms with Crippen molar-refractivity contribution < 1.29 is 18.0 Å². The summed E-state index contributed by atoms with van der Waals surface area (Å²) in [5, 5.41) is 5.61. The van der Waals surface area contributed by atoms with E-state index < -0.39 is 10.0 Å². The van der Waals surface area contributed by atoms with Crippen molar-refractivity contribution in [3.05, 3.63) is 59.7 Å². The lowest BCUT2D eigenvalue weighted by molar-refractivity contribution is -0.116. The van der Waals surface area contributed by atoms with E-state index in [0.717, 1.165) is 16.3 Å². The van der Waals surface area contributed by atoms with Gasteiger partial charge < -0.3 is 10.6 Å². The van der Waals surface area contributed by atoms with E-state index >= 15 is 0 Å². The molecule has 0 atom stereocenters. The van der Waals surface area contributed by atoms with Crippen molar-refractivity contribution in [1.82, 2.24) is 9.62 Å². The molecule has 0 unspecified atom stereocenters. The minimum Gasteiger partial charge on any atom is -0.348 e. The normalized spacial score (nSPS) is 11.3. The number of sulfonamides is 1. The zero-order chi connectivity index (χ0) is 20.7. The molecule has 2 rings (SSSR count). The van der Waals surface area contributed by atoms with Gasteiger partial charge in [0.15, 0.2) is 0 Å². The van der Waals surface area contributed by atoms with Crippen LogP contribution in [0.15, 0.2) is 53.4 Å². The van der Waals surface area contributed by atoms with E-state index in [1.807, 2.05) is 19.1 Å². The molecule has 28 heavy (non-hydrogen) atoms. The van der Waals surface area contributed by atoms with Crippen LogP contribution in [0.1, 0.15) is 35.7 Å². The Labute approximate surface area is 165 Å². The van der Waals surface area contributed by atoms with Gasteiger partial charge in [-0.25, -0.2) is 12.7 Å². The van der Waals surface area contributed by atoms with Crippen molar-refractivity contribution >= 4 is 27.5 Å². The van der Waals surface area contributed by atoms with Crippen LogP contribution in [-0.2, 0) is 21.4 Å². The van der Waals surface area contributed by atoms with Crippen LogP contribution in [0.2, 0.25) is 0 Å². The largest absolute Gasteiger partial charge is 0.348 e. The smallest absolute Gasteiger partial charge is 0.251 e. The number of anilines is 1. The van der Waals surface area contributed by atoms with Gasteiger partial charge in [-0.1, -0.05) is 19.1 Å². The summed E-state index contributed by atoms with van der Waals surface area (Å²) in [6.45, 7) is 2.22. The topological polar surface area (TPSA) is 95.6 Å². The number of rotatable bonds is 8. The molecule has 0 bridgehead atoms. The van der Waals surface area contributed by atoms with Gasteiger partial charge in [0.2, 0.25) is 15.9 Å². The molecule has 8 heteroatoms. The quantitative estimate of drug-likeness (QED) is 0.708. The number of carbonyl (C=O) groups excluding carboxylic acids is 2. The highest BCUT2D eigenvalue weighted by Gasteiger charge is 2.17. The highest BCUT2D eigenvalue weighted by molar-refractivity contribution is 7.89. The molecule has 2 aromatic carbocycles. The molecule has 0 aliphatic rings. The second-order valence-corrected chi connectivity index (χ2v) is 8.64. The predicted molar refractivity (Wildman–Crippen MR) is 108 cm³/mol. The Balaban J connectivity index is 2.00. The van der Waals surface area contributed by atoms with Crippen LogP contribution < -0.4 is 10.6 Å². The monoisotopic (exact) mass is 403 g/mol. The average Bonchev–Trinajstić information content (AvgIpc) is 2.66. The number of benzene rings is 2. The van der Waals surface area contributed by atoms with Crippen LogP contribution in [0.3, 0.4) is 0 Å². The van der Waals surface area contributed by atoms with E-state index in [4.69, 9.17) is 0 Å². The lowest BCUT2D eigenvalue weighted by Gasteiger charge is -2.12. The van der Waals surface area contributed by atoms with E-state index in [1.165, 1.54) is 38.4 Å². The second-order valence-electron chi connectivity index (χ2n) is 6.49. The number of hydrogen-bond donors (Lipinski definition) is 2. The Kier molecular flexibility index (Phi) is 7.31. The van der Waals surface area contributed by atoms with E-state index in [-0.39, 0.29) is 23.3 Å². The molecule has 2 aromatic rings. The number of amides is 2. The molecular weight excluding hydrogens is 378 g/mol. The third-order valence-corrected chi connectivity index (χ3v) is 5.87. The van der Waals surface area contributed by atoms with Gasteiger partial charge in [-0.05, 0) is 48.4 Å². The van der Waals surface area contributed by atoms with Crippen molar-refractivity contribution in [2.24, 2.45) is 0 Å². The first-order valence-corrected chi connectivity index (χ1v) is 10.4. The fourth-order valence-corrected chi connectivity index (χ4v) is 3.38. The molecule has 0 aliphatic heterocycles. The molecule has 0 fully saturated rings. The lowest BCUT2D eigenvalue weighted by Crippen LogP contribution is -2.24. The van der Waals surface area contributed by atoms with E-state index in [1.54, 1.807) is 12.1 Å². The summed E-state index contributed by atoms with van der Waals surface area (Å²) in [5.41, 5.74) is 1.89. The standard InChI is InChI=1S/C20H25N3O4S/c1-4-6-19(24)22-17-8-5-7-15(13-17)14-21-20(25)16-9-11-18(12-10-16)28(26,27)23(2)3/h5,7-13H,4,6,14H2,1-3H3,(H,21,25)(H,22,24). The number of carbonyl (C=O) groups is 2. The van der Waals surface area contributed by atoms with Crippen LogP contribution in [0.25, 0.3) is 0 Å². The summed E-state index contributed by atoms with van der Waals surface area (Å²) in [6, 6.07) is 13.0. The van der Waals surface area contributed by atoms with Crippen molar-refractivity contribution in [3.63, 3.8) is 0 Å². The van der Waals surface area contributed by atoms with Crippen molar-refractivity contribution in [3.8, 4) is 0 Å². The van der Waals surface area contributed by atoms with Gasteiger partial charge in [-0.15, -0.1) is 0 Å². The van der Waals surface area contributed by atoms with Gasteiger partial charge in [0.05, 0.1) is 4.90 Å². The first-order chi connectivity index (χ1) is 13.2. The van der Waals surface area contributed by atoms with Crippen LogP contribution in [0, 0.1) is 0 Å². The maximum atomic E-state index is 12.3. The van der Waals surface area contributed by atoms with Gasteiger partial charge in [0, 0.05) is 38.3 Å². The molecule has 0 heterocycles. The van der Waals surface area contributed by atoms with E-state index in [0.29, 0.717) is 17.7 Å². The lowest BCUT2D eigenvalue weighted by atomic mass is 10.1. The zero-order valence-corrected chi connectivity index (χ0v) is 17.0. The summed E-state index contributed by atoms with van der Waals surface area (Å²) in [7, 11) is -0.620. The summed E-state index contributed by atoms with van der Waals surface area (Å²) in [5.74, 6) is -0.356. The van der Waals surface area contributed by atoms with Gasteiger partial charge in [-0.2, -0.15) is 0 Å². The second kappa shape index (κ2) is 9.48. The molecule has 7 nitrogen and oxygen atoms in total. The maximum absolute atomic E-state index is 12.3. The van der Waals surface area contributed by atoms with Crippen LogP contribution >= 0.6 is 0 Å². The molecule has 0 saturated carbocycles. The highest BCUT2D eigenvalue weighted by atomic mass is 32.2. The van der Waals surface area contributed by atoms with E-state index in [2.05, 4.69) is 10.6 Å². The van der Waals surface area contributed by atoms with Crippen LogP contribution in [0.4, 0.5) is 5.69 Å². The first-order valence-electron chi connectivity index (χ1n) is 8.93. The third-order valence-electron chi connectivity index (χ3n) is 4.04. The fourth-order valence-electron chi connectivity index (χ4n) is 2.48. The van der Waals surface area contributed by atoms with Gasteiger partial charge in [0.25, 0.3) is 5.91 Å². The molecule has 2 amide bonds. The maximum Gasteiger partial charge on any atom is 0.251 e. The van der Waals surface area contributed by atoms with Gasteiger partial charge in [-0.3, -0.25) is 9.59 Å². The highest BCUT2D eigenvalue weighted by Crippen LogP contribution is 2.15. The summed E-state index contributed by atoms with van der Waals surface area (Å²) < 4.78 is 25.3. The Morgan fingerprint density at radius 3 is 2.32 bits per heavy atom. The van der Waals surface area contributed by atoms with Gasteiger partial charge >= 0.3 is 0 Å². The summed E-state index contributed by atoms with van der Waals surface area (Å²) in [6.07, 6.45) is 1.23. The minimum absolute atomic E-state index is 0.0450. The number of hydrogen-bond acceptors (Lipinski definition) is 4. The fraction of sp³-hybridized carbons (Fsp3) is 0.300. The molecule has 0 saturated heterocycles. The van der Waals surface area contributed by atoms with E-state index in [9.17, 15) is 18.0 Å². The SMILES string of the molecule is CCCC(=O)Nc1cccc(CNC(=O)c2ccc(S(=O)(=O)N(C)C)cc2)c1.